The third-order valence-electron chi connectivity index (χ3n) is 4.86. The van der Waals surface area contributed by atoms with Gasteiger partial charge < -0.3 is 20.1 Å². The van der Waals surface area contributed by atoms with Gasteiger partial charge in [-0.25, -0.2) is 0 Å². The van der Waals surface area contributed by atoms with Crippen LogP contribution in [0.5, 0.6) is 0 Å². The molecule has 1 aliphatic heterocycles. The first-order valence-corrected chi connectivity index (χ1v) is 8.06. The summed E-state index contributed by atoms with van der Waals surface area (Å²) in [6.45, 7) is 3.23. The fraction of sp³-hybridized carbons (Fsp3) is 0.500. The highest BCUT2D eigenvalue weighted by Crippen LogP contribution is 2.40. The maximum absolute atomic E-state index is 12.3. The van der Waals surface area contributed by atoms with Gasteiger partial charge in [0.15, 0.2) is 5.79 Å². The maximum Gasteiger partial charge on any atom is 0.256 e. The number of benzene rings is 1. The molecule has 0 bridgehead atoms. The first-order valence-electron chi connectivity index (χ1n) is 8.06. The molecule has 0 aromatic heterocycles. The highest BCUT2D eigenvalue weighted by molar-refractivity contribution is 6.04. The van der Waals surface area contributed by atoms with Gasteiger partial charge in [0.2, 0.25) is 0 Å². The second-order valence-electron chi connectivity index (χ2n) is 6.20. The Morgan fingerprint density at radius 2 is 2.17 bits per heavy atom. The van der Waals surface area contributed by atoms with Crippen LogP contribution in [0.1, 0.15) is 47.7 Å². The quantitative estimate of drug-likeness (QED) is 0.685. The molecule has 5 nitrogen and oxygen atoms in total. The van der Waals surface area contributed by atoms with Crippen LogP contribution in [0, 0.1) is 0 Å². The molecule has 0 radical (unpaired) electrons. The fourth-order valence-electron chi connectivity index (χ4n) is 3.57. The van der Waals surface area contributed by atoms with Crippen LogP contribution in [0.4, 0.5) is 5.69 Å². The second kappa shape index (κ2) is 5.98. The summed E-state index contributed by atoms with van der Waals surface area (Å²) >= 11 is 0. The lowest BCUT2D eigenvalue weighted by Crippen LogP contribution is -2.36. The number of hydrogen-bond acceptors (Lipinski definition) is 4. The van der Waals surface area contributed by atoms with Gasteiger partial charge in [-0.1, -0.05) is 12.1 Å². The number of nitrogen functional groups attached to an aromatic ring is 1. The number of nitrogens with two attached hydrogens (primary N) is 1. The zero-order valence-electron chi connectivity index (χ0n) is 14.0. The monoisotopic (exact) mass is 316 g/mol. The highest BCUT2D eigenvalue weighted by atomic mass is 16.7. The van der Waals surface area contributed by atoms with E-state index in [1.54, 1.807) is 12.0 Å². The summed E-state index contributed by atoms with van der Waals surface area (Å²) in [4.78, 5) is 14.0. The van der Waals surface area contributed by atoms with E-state index in [2.05, 4.69) is 6.08 Å². The van der Waals surface area contributed by atoms with E-state index in [4.69, 9.17) is 15.2 Å². The Morgan fingerprint density at radius 1 is 1.39 bits per heavy atom. The van der Waals surface area contributed by atoms with Crippen molar-refractivity contribution in [1.82, 2.24) is 4.90 Å². The fourth-order valence-corrected chi connectivity index (χ4v) is 3.57. The molecule has 1 aliphatic carbocycles. The third kappa shape index (κ3) is 2.64. The van der Waals surface area contributed by atoms with E-state index in [0.717, 1.165) is 30.4 Å². The number of carbonyl (C=O) groups excluding carboxylic acids is 1. The maximum atomic E-state index is 12.3. The van der Waals surface area contributed by atoms with Crippen LogP contribution in [0.15, 0.2) is 18.2 Å². The summed E-state index contributed by atoms with van der Waals surface area (Å²) in [5, 5.41) is 0. The van der Waals surface area contributed by atoms with Gasteiger partial charge in [-0.05, 0) is 36.1 Å². The number of nitrogens with zero attached hydrogens (tertiary/aromatic N) is 1. The van der Waals surface area contributed by atoms with Crippen molar-refractivity contribution in [2.24, 2.45) is 0 Å². The van der Waals surface area contributed by atoms with Crippen LogP contribution >= 0.6 is 0 Å². The van der Waals surface area contributed by atoms with Crippen molar-refractivity contribution < 1.29 is 14.3 Å². The summed E-state index contributed by atoms with van der Waals surface area (Å²) in [7, 11) is 3.51. The lowest BCUT2D eigenvalue weighted by Gasteiger charge is -2.35. The Hall–Kier alpha value is -1.85. The number of allylic oxidation sites excluding steroid dienone is 1. The summed E-state index contributed by atoms with van der Waals surface area (Å²) in [5.74, 6) is -0.502. The highest BCUT2D eigenvalue weighted by Gasteiger charge is 2.35. The summed E-state index contributed by atoms with van der Waals surface area (Å²) in [6, 6.07) is 3.87. The minimum Gasteiger partial charge on any atom is -0.398 e. The molecular weight excluding hydrogens is 292 g/mol. The molecule has 1 aromatic carbocycles. The normalized spacial score (nSPS) is 23.9. The number of amides is 1. The van der Waals surface area contributed by atoms with E-state index in [1.807, 2.05) is 26.1 Å². The SMILES string of the molecule is CCOC1(OC)CC=C(c2ccc(N)c3c2CN(C)C3=O)CC1. The van der Waals surface area contributed by atoms with E-state index < -0.39 is 5.79 Å². The molecule has 0 fully saturated rings. The van der Waals surface area contributed by atoms with E-state index in [-0.39, 0.29) is 5.91 Å². The van der Waals surface area contributed by atoms with Crippen molar-refractivity contribution in [2.75, 3.05) is 26.5 Å². The predicted molar refractivity (Wildman–Crippen MR) is 89.8 cm³/mol. The zero-order chi connectivity index (χ0) is 16.6. The average molecular weight is 316 g/mol. The van der Waals surface area contributed by atoms with Crippen LogP contribution in [0.3, 0.4) is 0 Å². The van der Waals surface area contributed by atoms with Crippen molar-refractivity contribution in [2.45, 2.75) is 38.5 Å². The van der Waals surface area contributed by atoms with E-state index in [1.165, 1.54) is 5.57 Å². The molecule has 2 N–H and O–H groups in total. The van der Waals surface area contributed by atoms with Crippen molar-refractivity contribution >= 4 is 17.2 Å². The minimum atomic E-state index is -0.512. The van der Waals surface area contributed by atoms with Crippen LogP contribution < -0.4 is 5.73 Å². The van der Waals surface area contributed by atoms with Crippen molar-refractivity contribution in [3.8, 4) is 0 Å². The Morgan fingerprint density at radius 3 is 2.78 bits per heavy atom. The molecule has 2 aliphatic rings. The number of methoxy groups -OCH3 is 1. The number of rotatable bonds is 4. The van der Waals surface area contributed by atoms with Crippen molar-refractivity contribution in [3.63, 3.8) is 0 Å². The second-order valence-corrected chi connectivity index (χ2v) is 6.20. The summed E-state index contributed by atoms with van der Waals surface area (Å²) in [5.41, 5.74) is 10.7. The van der Waals surface area contributed by atoms with Gasteiger partial charge in [0.1, 0.15) is 0 Å². The van der Waals surface area contributed by atoms with E-state index in [9.17, 15) is 4.79 Å². The van der Waals surface area contributed by atoms with Crippen molar-refractivity contribution in [3.05, 3.63) is 34.9 Å². The van der Waals surface area contributed by atoms with Crippen LogP contribution in [0.2, 0.25) is 0 Å². The van der Waals surface area contributed by atoms with Gasteiger partial charge >= 0.3 is 0 Å². The molecule has 124 valence electrons. The molecule has 5 heteroatoms. The Balaban J connectivity index is 1.95. The molecular formula is C18H24N2O3. The molecule has 1 unspecified atom stereocenters. The summed E-state index contributed by atoms with van der Waals surface area (Å²) < 4.78 is 11.4. The first kappa shape index (κ1) is 16.0. The average Bonchev–Trinajstić information content (AvgIpc) is 2.85. The zero-order valence-corrected chi connectivity index (χ0v) is 14.0. The Bertz CT molecular complexity index is 668. The Kier molecular flexibility index (Phi) is 4.17. The number of ether oxygens (including phenoxy) is 2. The van der Waals surface area contributed by atoms with Crippen LogP contribution in [-0.2, 0) is 16.0 Å². The molecule has 3 rings (SSSR count). The molecule has 0 saturated carbocycles. The van der Waals surface area contributed by atoms with Gasteiger partial charge in [0, 0.05) is 45.8 Å². The largest absolute Gasteiger partial charge is 0.398 e. The minimum absolute atomic E-state index is 0.0105. The van der Waals surface area contributed by atoms with E-state index >= 15 is 0 Å². The number of fused-ring (bicyclic) bond motifs is 1. The topological polar surface area (TPSA) is 64.8 Å². The molecule has 1 amide bonds. The lowest BCUT2D eigenvalue weighted by molar-refractivity contribution is -0.222. The van der Waals surface area contributed by atoms with Crippen molar-refractivity contribution in [1.29, 1.82) is 0 Å². The molecule has 0 saturated heterocycles. The lowest BCUT2D eigenvalue weighted by atomic mass is 9.86. The van der Waals surface area contributed by atoms with Gasteiger partial charge in [0.25, 0.3) is 5.91 Å². The van der Waals surface area contributed by atoms with E-state index in [0.29, 0.717) is 24.4 Å². The van der Waals surface area contributed by atoms with Crippen LogP contribution in [0.25, 0.3) is 5.57 Å². The number of carbonyl (C=O) groups is 1. The van der Waals surface area contributed by atoms with Gasteiger partial charge in [-0.2, -0.15) is 0 Å². The standard InChI is InChI=1S/C18H24N2O3/c1-4-23-18(22-3)9-7-12(8-10-18)13-5-6-15(19)16-14(13)11-20(2)17(16)21/h5-7H,4,8-11,19H2,1-3H3. The molecule has 1 aromatic rings. The molecule has 0 spiro atoms. The molecule has 1 heterocycles. The number of anilines is 1. The molecule has 1 atom stereocenters. The van der Waals surface area contributed by atoms with Gasteiger partial charge in [0.05, 0.1) is 5.56 Å². The first-order chi connectivity index (χ1) is 11.0. The number of hydrogen-bond donors (Lipinski definition) is 1. The molecule has 23 heavy (non-hydrogen) atoms. The predicted octanol–water partition coefficient (Wildman–Crippen LogP) is 2.80. The third-order valence-corrected chi connectivity index (χ3v) is 4.86. The Labute approximate surface area is 137 Å². The van der Waals surface area contributed by atoms with Gasteiger partial charge in [-0.3, -0.25) is 4.79 Å². The smallest absolute Gasteiger partial charge is 0.256 e. The van der Waals surface area contributed by atoms with Gasteiger partial charge in [-0.15, -0.1) is 0 Å². The summed E-state index contributed by atoms with van der Waals surface area (Å²) in [6.07, 6.45) is 4.57. The van der Waals surface area contributed by atoms with Crippen LogP contribution in [-0.4, -0.2) is 37.4 Å².